The van der Waals surface area contributed by atoms with Gasteiger partial charge in [0.25, 0.3) is 0 Å². The Morgan fingerprint density at radius 3 is 2.25 bits per heavy atom. The highest BCUT2D eigenvalue weighted by Gasteiger charge is 1.84. The summed E-state index contributed by atoms with van der Waals surface area (Å²) >= 11 is 0. The van der Waals surface area contributed by atoms with Gasteiger partial charge in [-0.25, -0.2) is 0 Å². The third-order valence-electron chi connectivity index (χ3n) is 1.11. The number of H-pyrrole nitrogens is 1. The van der Waals surface area contributed by atoms with Gasteiger partial charge >= 0.3 is 10.0 Å². The van der Waals surface area contributed by atoms with Gasteiger partial charge in [0.15, 0.2) is 0 Å². The second-order valence-corrected chi connectivity index (χ2v) is 2.63. The molecule has 0 unspecified atom stereocenters. The van der Waals surface area contributed by atoms with Crippen molar-refractivity contribution in [2.75, 3.05) is 0 Å². The second kappa shape index (κ2) is 5.31. The smallest absolute Gasteiger partial charge is 0.353 e. The van der Waals surface area contributed by atoms with Crippen molar-refractivity contribution < 1.29 is 4.11 Å². The van der Waals surface area contributed by atoms with Crippen LogP contribution in [0.25, 0.3) is 0 Å². The average Bonchev–Trinajstić information content (AvgIpc) is 2.81. The number of hydrogen-bond acceptors (Lipinski definition) is 1. The monoisotopic (exact) mass is 181 g/mol. The van der Waals surface area contributed by atoms with Gasteiger partial charge in [-0.2, -0.15) is 5.10 Å². The van der Waals surface area contributed by atoms with Gasteiger partial charge in [-0.1, -0.05) is 0 Å². The number of hydrogen-bond donors (Lipinski definition) is 1. The summed E-state index contributed by atoms with van der Waals surface area (Å²) < 4.78 is 13.0. The Morgan fingerprint density at radius 1 is 1.25 bits per heavy atom. The van der Waals surface area contributed by atoms with Crippen molar-refractivity contribution in [2.45, 2.75) is 0 Å². The van der Waals surface area contributed by atoms with Crippen LogP contribution in [0.2, 0.25) is 0 Å². The van der Waals surface area contributed by atoms with Crippen LogP contribution in [0.5, 0.6) is 0 Å². The minimum atomic E-state index is -0.629. The molecule has 0 aromatic carbocycles. The summed E-state index contributed by atoms with van der Waals surface area (Å²) in [6.45, 7) is 0. The van der Waals surface area contributed by atoms with Crippen LogP contribution >= 0.6 is 0 Å². The lowest BCUT2D eigenvalue weighted by Crippen LogP contribution is -1.93. The molecule has 0 aliphatic carbocycles. The van der Waals surface area contributed by atoms with E-state index in [4.69, 9.17) is 0 Å². The summed E-state index contributed by atoms with van der Waals surface area (Å²) in [5.74, 6) is 0. The first-order valence-corrected chi connectivity index (χ1v) is 4.19. The first-order valence-electron chi connectivity index (χ1n) is 3.37. The molecule has 2 radical (unpaired) electrons. The number of nitrogens with zero attached hydrogens (tertiary/aromatic N) is 2. The van der Waals surface area contributed by atoms with Crippen molar-refractivity contribution in [3.63, 3.8) is 0 Å². The SMILES string of the molecule is F[Si]n1cccc1.c1cn[nH]c1. The third kappa shape index (κ3) is 3.15. The summed E-state index contributed by atoms with van der Waals surface area (Å²) in [5.41, 5.74) is 0. The van der Waals surface area contributed by atoms with E-state index in [1.54, 1.807) is 36.9 Å². The van der Waals surface area contributed by atoms with Crippen molar-refractivity contribution >= 4 is 10.0 Å². The molecule has 5 heteroatoms. The van der Waals surface area contributed by atoms with Crippen LogP contribution in [0, 0.1) is 0 Å². The maximum absolute atomic E-state index is 11.5. The van der Waals surface area contributed by atoms with E-state index in [1.807, 2.05) is 6.07 Å². The normalized spacial score (nSPS) is 8.75. The van der Waals surface area contributed by atoms with E-state index in [0.29, 0.717) is 0 Å². The van der Waals surface area contributed by atoms with Gasteiger partial charge < -0.3 is 4.23 Å². The van der Waals surface area contributed by atoms with Gasteiger partial charge in [-0.05, 0) is 30.6 Å². The predicted octanol–water partition coefficient (Wildman–Crippen LogP) is 1.25. The lowest BCUT2D eigenvalue weighted by molar-refractivity contribution is 0.835. The Hall–Kier alpha value is -1.36. The van der Waals surface area contributed by atoms with Crippen molar-refractivity contribution in [1.82, 2.24) is 14.4 Å². The summed E-state index contributed by atoms with van der Waals surface area (Å²) in [5, 5.41) is 6.21. The molecule has 2 rings (SSSR count). The molecule has 2 aromatic heterocycles. The van der Waals surface area contributed by atoms with Crippen LogP contribution in [0.1, 0.15) is 0 Å². The molecule has 2 aromatic rings. The van der Waals surface area contributed by atoms with E-state index in [1.165, 1.54) is 4.23 Å². The Kier molecular flexibility index (Phi) is 3.86. The van der Waals surface area contributed by atoms with E-state index < -0.39 is 10.0 Å². The molecule has 0 aliphatic heterocycles. The Bertz CT molecular complexity index is 249. The summed E-state index contributed by atoms with van der Waals surface area (Å²) in [6, 6.07) is 5.43. The molecule has 0 aliphatic rings. The zero-order chi connectivity index (χ0) is 8.65. The van der Waals surface area contributed by atoms with Crippen LogP contribution < -0.4 is 0 Å². The highest BCUT2D eigenvalue weighted by atomic mass is 28.3. The second-order valence-electron chi connectivity index (χ2n) is 1.94. The van der Waals surface area contributed by atoms with Gasteiger partial charge in [-0.15, -0.1) is 0 Å². The molecule has 3 nitrogen and oxygen atoms in total. The van der Waals surface area contributed by atoms with Gasteiger partial charge in [-0.3, -0.25) is 9.21 Å². The van der Waals surface area contributed by atoms with Crippen molar-refractivity contribution in [1.29, 1.82) is 0 Å². The number of nitrogens with one attached hydrogen (secondary N) is 1. The zero-order valence-electron chi connectivity index (χ0n) is 6.31. The van der Waals surface area contributed by atoms with E-state index in [-0.39, 0.29) is 0 Å². The molecular weight excluding hydrogens is 173 g/mol. The highest BCUT2D eigenvalue weighted by Crippen LogP contribution is 1.83. The molecule has 0 amide bonds. The fraction of sp³-hybridized carbons (Fsp3) is 0. The fourth-order valence-corrected chi connectivity index (χ4v) is 0.891. The predicted molar refractivity (Wildman–Crippen MR) is 45.3 cm³/mol. The Morgan fingerprint density at radius 2 is 2.00 bits per heavy atom. The van der Waals surface area contributed by atoms with Crippen LogP contribution in [0.3, 0.4) is 0 Å². The average molecular weight is 181 g/mol. The molecule has 2 heterocycles. The van der Waals surface area contributed by atoms with Crippen molar-refractivity contribution in [3.8, 4) is 0 Å². The zero-order valence-corrected chi connectivity index (χ0v) is 7.31. The molecule has 1 N–H and O–H groups in total. The molecule has 12 heavy (non-hydrogen) atoms. The maximum Gasteiger partial charge on any atom is 0.442 e. The molecule has 62 valence electrons. The van der Waals surface area contributed by atoms with Gasteiger partial charge in [0.1, 0.15) is 0 Å². The van der Waals surface area contributed by atoms with E-state index >= 15 is 0 Å². The molecule has 0 saturated heterocycles. The van der Waals surface area contributed by atoms with Crippen molar-refractivity contribution in [3.05, 3.63) is 43.0 Å². The standard InChI is InChI=1S/C4H4FNSi.C3H4N2/c5-7-6-3-1-2-4-6;1-2-4-5-3-1/h1-4H;1-3H,(H,4,5). The topological polar surface area (TPSA) is 33.6 Å². The number of halogens is 1. The molecule has 0 atom stereocenters. The highest BCUT2D eigenvalue weighted by molar-refractivity contribution is 6.23. The van der Waals surface area contributed by atoms with Gasteiger partial charge in [0.05, 0.1) is 0 Å². The fourth-order valence-electron chi connectivity index (χ4n) is 0.606. The first kappa shape index (κ1) is 8.73. The Balaban J connectivity index is 0.000000127. The Labute approximate surface area is 72.3 Å². The summed E-state index contributed by atoms with van der Waals surface area (Å²) in [4.78, 5) is 0. The number of aromatic nitrogens is 3. The summed E-state index contributed by atoms with van der Waals surface area (Å²) in [6.07, 6.45) is 6.84. The minimum absolute atomic E-state index is 0.629. The maximum atomic E-state index is 11.5. The lowest BCUT2D eigenvalue weighted by Gasteiger charge is -1.82. The molecule has 0 spiro atoms. The third-order valence-corrected chi connectivity index (χ3v) is 1.60. The number of rotatable bonds is 1. The molecule has 0 fully saturated rings. The first-order chi connectivity index (χ1) is 5.93. The quantitative estimate of drug-likeness (QED) is 0.521. The van der Waals surface area contributed by atoms with Crippen LogP contribution in [-0.4, -0.2) is 24.4 Å². The van der Waals surface area contributed by atoms with Crippen LogP contribution in [-0.2, 0) is 0 Å². The van der Waals surface area contributed by atoms with Gasteiger partial charge in [0.2, 0.25) is 0 Å². The molecular formula is C7H8FN3Si. The van der Waals surface area contributed by atoms with Gasteiger partial charge in [0, 0.05) is 12.4 Å². The van der Waals surface area contributed by atoms with E-state index in [0.717, 1.165) is 0 Å². The van der Waals surface area contributed by atoms with E-state index in [9.17, 15) is 4.11 Å². The molecule has 0 saturated carbocycles. The summed E-state index contributed by atoms with van der Waals surface area (Å²) in [7, 11) is -0.629. The van der Waals surface area contributed by atoms with E-state index in [2.05, 4.69) is 10.2 Å². The van der Waals surface area contributed by atoms with Crippen LogP contribution in [0.4, 0.5) is 4.11 Å². The van der Waals surface area contributed by atoms with Crippen LogP contribution in [0.15, 0.2) is 43.0 Å². The number of aromatic amines is 1. The molecule has 0 bridgehead atoms. The largest absolute Gasteiger partial charge is 0.442 e. The minimum Gasteiger partial charge on any atom is -0.353 e. The lowest BCUT2D eigenvalue weighted by atomic mass is 10.7. The van der Waals surface area contributed by atoms with Crippen molar-refractivity contribution in [2.24, 2.45) is 0 Å².